The first-order valence-electron chi connectivity index (χ1n) is 6.46. The van der Waals surface area contributed by atoms with E-state index < -0.39 is 10.0 Å². The second-order valence-corrected chi connectivity index (χ2v) is 7.86. The Bertz CT molecular complexity index is 327. The lowest BCUT2D eigenvalue weighted by Gasteiger charge is -2.33. The lowest BCUT2D eigenvalue weighted by atomic mass is 9.80. The van der Waals surface area contributed by atoms with Crippen molar-refractivity contribution >= 4 is 10.0 Å². The molecule has 1 aliphatic carbocycles. The Morgan fingerprint density at radius 3 is 2.47 bits per heavy atom. The highest BCUT2D eigenvalue weighted by atomic mass is 32.2. The van der Waals surface area contributed by atoms with E-state index in [9.17, 15) is 8.42 Å². The van der Waals surface area contributed by atoms with Crippen LogP contribution < -0.4 is 5.32 Å². The highest BCUT2D eigenvalue weighted by molar-refractivity contribution is 7.89. The average molecular weight is 262 g/mol. The number of nitrogens with one attached hydrogen (secondary N) is 1. The maximum atomic E-state index is 11.6. The predicted octanol–water partition coefficient (Wildman–Crippen LogP) is 1.29. The van der Waals surface area contributed by atoms with E-state index in [1.54, 1.807) is 14.1 Å². The van der Waals surface area contributed by atoms with Crippen LogP contribution in [0.1, 0.15) is 33.1 Å². The molecular weight excluding hydrogens is 236 g/mol. The molecule has 0 aromatic heterocycles. The van der Waals surface area contributed by atoms with Crippen LogP contribution in [0, 0.1) is 11.8 Å². The van der Waals surface area contributed by atoms with Crippen LogP contribution in [-0.2, 0) is 10.0 Å². The maximum absolute atomic E-state index is 11.6. The van der Waals surface area contributed by atoms with Gasteiger partial charge in [0.15, 0.2) is 0 Å². The van der Waals surface area contributed by atoms with Crippen molar-refractivity contribution in [3.8, 4) is 0 Å². The molecule has 1 aliphatic rings. The first kappa shape index (κ1) is 14.9. The van der Waals surface area contributed by atoms with E-state index in [1.807, 2.05) is 0 Å². The fraction of sp³-hybridized carbons (Fsp3) is 1.00. The van der Waals surface area contributed by atoms with Crippen LogP contribution in [0.2, 0.25) is 0 Å². The minimum atomic E-state index is -3.06. The van der Waals surface area contributed by atoms with Gasteiger partial charge in [-0.3, -0.25) is 0 Å². The van der Waals surface area contributed by atoms with Gasteiger partial charge in [-0.05, 0) is 24.7 Å². The fourth-order valence-corrected chi connectivity index (χ4v) is 3.11. The van der Waals surface area contributed by atoms with Gasteiger partial charge in [-0.15, -0.1) is 0 Å². The van der Waals surface area contributed by atoms with Crippen molar-refractivity contribution in [3.05, 3.63) is 0 Å². The molecule has 0 spiro atoms. The zero-order valence-electron chi connectivity index (χ0n) is 11.4. The van der Waals surface area contributed by atoms with Crippen LogP contribution in [0.25, 0.3) is 0 Å². The number of hydrogen-bond acceptors (Lipinski definition) is 3. The fourth-order valence-electron chi connectivity index (χ4n) is 2.37. The summed E-state index contributed by atoms with van der Waals surface area (Å²) in [4.78, 5) is 0. The van der Waals surface area contributed by atoms with E-state index in [-0.39, 0.29) is 5.75 Å². The molecule has 1 saturated carbocycles. The Hall–Kier alpha value is -0.130. The standard InChI is InChI=1S/C12H26N2O2S/c1-10-5-6-11(2)12(9-10)13-7-8-17(15,16)14(3)4/h10-13H,5-9H2,1-4H3. The largest absolute Gasteiger partial charge is 0.313 e. The minimum Gasteiger partial charge on any atom is -0.313 e. The zero-order valence-corrected chi connectivity index (χ0v) is 12.3. The summed E-state index contributed by atoms with van der Waals surface area (Å²) >= 11 is 0. The molecule has 4 nitrogen and oxygen atoms in total. The van der Waals surface area contributed by atoms with Crippen LogP contribution >= 0.6 is 0 Å². The van der Waals surface area contributed by atoms with Crippen molar-refractivity contribution in [2.24, 2.45) is 11.8 Å². The molecular formula is C12H26N2O2S. The maximum Gasteiger partial charge on any atom is 0.214 e. The molecule has 3 unspecified atom stereocenters. The second kappa shape index (κ2) is 6.16. The van der Waals surface area contributed by atoms with Crippen molar-refractivity contribution in [2.75, 3.05) is 26.4 Å². The summed E-state index contributed by atoms with van der Waals surface area (Å²) < 4.78 is 24.5. The highest BCUT2D eigenvalue weighted by Crippen LogP contribution is 2.28. The summed E-state index contributed by atoms with van der Waals surface area (Å²) in [6.07, 6.45) is 3.72. The Kier molecular flexibility index (Phi) is 5.41. The van der Waals surface area contributed by atoms with Gasteiger partial charge < -0.3 is 5.32 Å². The van der Waals surface area contributed by atoms with Crippen molar-refractivity contribution in [1.82, 2.24) is 9.62 Å². The molecule has 0 amide bonds. The van der Waals surface area contributed by atoms with Gasteiger partial charge in [-0.1, -0.05) is 20.3 Å². The topological polar surface area (TPSA) is 49.4 Å². The van der Waals surface area contributed by atoms with Crippen LogP contribution in [0.5, 0.6) is 0 Å². The Morgan fingerprint density at radius 1 is 1.24 bits per heavy atom. The van der Waals surface area contributed by atoms with E-state index in [0.717, 1.165) is 5.92 Å². The summed E-state index contributed by atoms with van der Waals surface area (Å²) in [5, 5.41) is 3.41. The minimum absolute atomic E-state index is 0.192. The van der Waals surface area contributed by atoms with E-state index >= 15 is 0 Å². The van der Waals surface area contributed by atoms with Crippen molar-refractivity contribution < 1.29 is 8.42 Å². The molecule has 5 heteroatoms. The molecule has 0 aromatic carbocycles. The lowest BCUT2D eigenvalue weighted by molar-refractivity contribution is 0.231. The smallest absolute Gasteiger partial charge is 0.214 e. The lowest BCUT2D eigenvalue weighted by Crippen LogP contribution is -2.42. The third-order valence-corrected chi connectivity index (χ3v) is 5.61. The molecule has 1 N–H and O–H groups in total. The molecule has 0 aromatic rings. The van der Waals surface area contributed by atoms with Gasteiger partial charge in [0.1, 0.15) is 0 Å². The van der Waals surface area contributed by atoms with E-state index in [4.69, 9.17) is 0 Å². The SMILES string of the molecule is CC1CCC(C)C(NCCS(=O)(=O)N(C)C)C1. The third kappa shape index (κ3) is 4.56. The molecule has 0 saturated heterocycles. The average Bonchev–Trinajstić information content (AvgIpc) is 2.22. The number of hydrogen-bond donors (Lipinski definition) is 1. The molecule has 0 bridgehead atoms. The Morgan fingerprint density at radius 2 is 1.88 bits per heavy atom. The number of nitrogens with zero attached hydrogens (tertiary/aromatic N) is 1. The quantitative estimate of drug-likeness (QED) is 0.812. The molecule has 3 atom stereocenters. The molecule has 0 aliphatic heterocycles. The van der Waals surface area contributed by atoms with Crippen molar-refractivity contribution in [1.29, 1.82) is 0 Å². The summed E-state index contributed by atoms with van der Waals surface area (Å²) in [7, 11) is 0.109. The molecule has 102 valence electrons. The number of rotatable bonds is 5. The molecule has 0 heterocycles. The summed E-state index contributed by atoms with van der Waals surface area (Å²) in [6, 6.07) is 0.483. The number of sulfonamides is 1. The van der Waals surface area contributed by atoms with E-state index in [2.05, 4.69) is 19.2 Å². The van der Waals surface area contributed by atoms with E-state index in [0.29, 0.717) is 18.5 Å². The van der Waals surface area contributed by atoms with Gasteiger partial charge in [-0.2, -0.15) is 0 Å². The van der Waals surface area contributed by atoms with Crippen LogP contribution in [-0.4, -0.2) is 45.2 Å². The van der Waals surface area contributed by atoms with Crippen LogP contribution in [0.3, 0.4) is 0 Å². The van der Waals surface area contributed by atoms with Gasteiger partial charge in [0, 0.05) is 26.7 Å². The van der Waals surface area contributed by atoms with Crippen molar-refractivity contribution in [2.45, 2.75) is 39.2 Å². The Balaban J connectivity index is 2.35. The zero-order chi connectivity index (χ0) is 13.1. The van der Waals surface area contributed by atoms with Crippen LogP contribution in [0.15, 0.2) is 0 Å². The van der Waals surface area contributed by atoms with Gasteiger partial charge in [0.2, 0.25) is 10.0 Å². The summed E-state index contributed by atoms with van der Waals surface area (Å²) in [5.41, 5.74) is 0. The first-order valence-corrected chi connectivity index (χ1v) is 8.07. The van der Waals surface area contributed by atoms with Crippen molar-refractivity contribution in [3.63, 3.8) is 0 Å². The monoisotopic (exact) mass is 262 g/mol. The molecule has 1 fully saturated rings. The molecule has 17 heavy (non-hydrogen) atoms. The van der Waals surface area contributed by atoms with Crippen LogP contribution in [0.4, 0.5) is 0 Å². The normalized spacial score (nSPS) is 30.8. The Labute approximate surface area is 106 Å². The molecule has 0 radical (unpaired) electrons. The highest BCUT2D eigenvalue weighted by Gasteiger charge is 2.25. The summed E-state index contributed by atoms with van der Waals surface area (Å²) in [6.45, 7) is 5.09. The van der Waals surface area contributed by atoms with Gasteiger partial charge in [0.25, 0.3) is 0 Å². The van der Waals surface area contributed by atoms with E-state index in [1.165, 1.54) is 23.6 Å². The predicted molar refractivity (Wildman–Crippen MR) is 71.4 cm³/mol. The van der Waals surface area contributed by atoms with Gasteiger partial charge >= 0.3 is 0 Å². The van der Waals surface area contributed by atoms with Gasteiger partial charge in [0.05, 0.1) is 5.75 Å². The first-order chi connectivity index (χ1) is 7.83. The molecule has 1 rings (SSSR count). The van der Waals surface area contributed by atoms with Gasteiger partial charge in [-0.25, -0.2) is 12.7 Å². The second-order valence-electron chi connectivity index (χ2n) is 5.55. The summed E-state index contributed by atoms with van der Waals surface area (Å²) in [5.74, 6) is 1.61. The third-order valence-electron chi connectivity index (χ3n) is 3.78.